The first-order valence-corrected chi connectivity index (χ1v) is 10.4. The second kappa shape index (κ2) is 6.68. The van der Waals surface area contributed by atoms with Crippen molar-refractivity contribution >= 4 is 43.7 Å². The number of aryl methyl sites for hydroxylation is 1. The van der Waals surface area contributed by atoms with Crippen molar-refractivity contribution in [2.75, 3.05) is 18.4 Å². The molecular weight excluding hydrogens is 354 g/mol. The Morgan fingerprint density at radius 1 is 1.43 bits per heavy atom. The fourth-order valence-corrected chi connectivity index (χ4v) is 6.04. The second-order valence-corrected chi connectivity index (χ2v) is 9.74. The molecule has 6 nitrogen and oxygen atoms in total. The Labute approximate surface area is 143 Å². The van der Waals surface area contributed by atoms with Crippen LogP contribution in [0.4, 0.5) is 5.13 Å². The number of piperidine rings is 1. The van der Waals surface area contributed by atoms with Crippen molar-refractivity contribution in [1.82, 2.24) is 9.29 Å². The van der Waals surface area contributed by atoms with E-state index >= 15 is 0 Å². The van der Waals surface area contributed by atoms with Crippen LogP contribution in [-0.2, 0) is 14.8 Å². The number of aromatic nitrogens is 1. The number of nitrogens with zero attached hydrogens (tertiary/aromatic N) is 2. The first-order chi connectivity index (χ1) is 11.0. The molecule has 0 unspecified atom stereocenters. The number of sulfonamides is 1. The average Bonchev–Trinajstić information content (AvgIpc) is 3.19. The lowest BCUT2D eigenvalue weighted by atomic mass is 9.99. The third-order valence-corrected chi connectivity index (χ3v) is 7.75. The number of hydrogen-bond donors (Lipinski definition) is 1. The number of thiophene rings is 1. The summed E-state index contributed by atoms with van der Waals surface area (Å²) in [5, 5.41) is 5.09. The van der Waals surface area contributed by atoms with Gasteiger partial charge in [-0.05, 0) is 31.9 Å². The van der Waals surface area contributed by atoms with Crippen LogP contribution in [0.15, 0.2) is 27.9 Å². The predicted molar refractivity (Wildman–Crippen MR) is 91.3 cm³/mol. The van der Waals surface area contributed by atoms with E-state index in [-0.39, 0.29) is 18.4 Å². The lowest BCUT2D eigenvalue weighted by molar-refractivity contribution is -0.120. The zero-order valence-corrected chi connectivity index (χ0v) is 15.0. The van der Waals surface area contributed by atoms with Crippen molar-refractivity contribution in [1.29, 1.82) is 0 Å². The summed E-state index contributed by atoms with van der Waals surface area (Å²) in [5.41, 5.74) is 0. The zero-order valence-electron chi connectivity index (χ0n) is 12.6. The summed E-state index contributed by atoms with van der Waals surface area (Å²) in [4.78, 5) is 17.3. The number of anilines is 1. The Kier molecular flexibility index (Phi) is 4.81. The van der Waals surface area contributed by atoms with Crippen molar-refractivity contribution < 1.29 is 13.2 Å². The highest BCUT2D eigenvalue weighted by atomic mass is 32.2. The molecule has 1 saturated heterocycles. The Balaban J connectivity index is 1.71. The van der Waals surface area contributed by atoms with E-state index in [9.17, 15) is 13.2 Å². The molecule has 9 heteroatoms. The third-order valence-electron chi connectivity index (χ3n) is 3.73. The van der Waals surface area contributed by atoms with E-state index in [4.69, 9.17) is 0 Å². The molecule has 0 spiro atoms. The lowest BCUT2D eigenvalue weighted by Crippen LogP contribution is -2.43. The molecule has 1 N–H and O–H groups in total. The van der Waals surface area contributed by atoms with Gasteiger partial charge in [0.25, 0.3) is 10.0 Å². The number of thiazole rings is 1. The SMILES string of the molecule is Cc1ccc(S(=O)(=O)N2CCC[C@H](C(=O)Nc3nccs3)C2)s1. The summed E-state index contributed by atoms with van der Waals surface area (Å²) in [7, 11) is -3.51. The van der Waals surface area contributed by atoms with Crippen LogP contribution in [0.1, 0.15) is 17.7 Å². The van der Waals surface area contributed by atoms with E-state index in [0.717, 1.165) is 4.88 Å². The number of carbonyl (C=O) groups is 1. The Morgan fingerprint density at radius 2 is 2.26 bits per heavy atom. The minimum Gasteiger partial charge on any atom is -0.302 e. The molecule has 1 aliphatic rings. The van der Waals surface area contributed by atoms with E-state index < -0.39 is 10.0 Å². The molecule has 2 aromatic rings. The van der Waals surface area contributed by atoms with Crippen LogP contribution < -0.4 is 5.32 Å². The van der Waals surface area contributed by atoms with E-state index in [1.807, 2.05) is 6.92 Å². The van der Waals surface area contributed by atoms with Gasteiger partial charge >= 0.3 is 0 Å². The van der Waals surface area contributed by atoms with Crippen molar-refractivity contribution in [3.05, 3.63) is 28.6 Å². The molecule has 2 aromatic heterocycles. The summed E-state index contributed by atoms with van der Waals surface area (Å²) < 4.78 is 27.1. The molecule has 0 aliphatic carbocycles. The van der Waals surface area contributed by atoms with Gasteiger partial charge in [-0.2, -0.15) is 4.31 Å². The van der Waals surface area contributed by atoms with Crippen LogP contribution in [0, 0.1) is 12.8 Å². The molecule has 0 bridgehead atoms. The van der Waals surface area contributed by atoms with Gasteiger partial charge in [0.1, 0.15) is 4.21 Å². The van der Waals surface area contributed by atoms with Gasteiger partial charge < -0.3 is 5.32 Å². The minimum atomic E-state index is -3.51. The smallest absolute Gasteiger partial charge is 0.252 e. The Morgan fingerprint density at radius 3 is 2.91 bits per heavy atom. The molecule has 3 rings (SSSR count). The normalized spacial score (nSPS) is 19.6. The standard InChI is InChI=1S/C14H17N3O3S3/c1-10-4-5-12(22-10)23(19,20)17-7-2-3-11(9-17)13(18)16-14-15-6-8-21-14/h4-6,8,11H,2-3,7,9H2,1H3,(H,15,16,18)/t11-/m0/s1. The summed E-state index contributed by atoms with van der Waals surface area (Å²) in [6, 6.07) is 3.43. The van der Waals surface area contributed by atoms with Gasteiger partial charge in [0.15, 0.2) is 5.13 Å². The highest BCUT2D eigenvalue weighted by Gasteiger charge is 2.34. The van der Waals surface area contributed by atoms with Gasteiger partial charge in [0, 0.05) is 29.5 Å². The fraction of sp³-hybridized carbons (Fsp3) is 0.429. The predicted octanol–water partition coefficient (Wildman–Crippen LogP) is 2.55. The summed E-state index contributed by atoms with van der Waals surface area (Å²) in [6.07, 6.45) is 2.99. The van der Waals surface area contributed by atoms with Crippen LogP contribution in [0.25, 0.3) is 0 Å². The van der Waals surface area contributed by atoms with Gasteiger partial charge in [-0.1, -0.05) is 0 Å². The largest absolute Gasteiger partial charge is 0.302 e. The van der Waals surface area contributed by atoms with Gasteiger partial charge in [-0.3, -0.25) is 4.79 Å². The second-order valence-electron chi connectivity index (χ2n) is 5.39. The minimum absolute atomic E-state index is 0.165. The van der Waals surface area contributed by atoms with E-state index in [0.29, 0.717) is 28.7 Å². The van der Waals surface area contributed by atoms with Gasteiger partial charge in [0.05, 0.1) is 5.92 Å². The van der Waals surface area contributed by atoms with Crippen LogP contribution >= 0.6 is 22.7 Å². The molecule has 0 radical (unpaired) electrons. The molecule has 3 heterocycles. The van der Waals surface area contributed by atoms with E-state index in [1.54, 1.807) is 23.7 Å². The summed E-state index contributed by atoms with van der Waals surface area (Å²) in [5.74, 6) is -0.509. The van der Waals surface area contributed by atoms with Crippen LogP contribution in [-0.4, -0.2) is 36.7 Å². The number of nitrogens with one attached hydrogen (secondary N) is 1. The topological polar surface area (TPSA) is 79.4 Å². The summed E-state index contributed by atoms with van der Waals surface area (Å²) in [6.45, 7) is 2.56. The molecule has 1 atom stereocenters. The number of rotatable bonds is 4. The van der Waals surface area contributed by atoms with Crippen LogP contribution in [0.3, 0.4) is 0 Å². The average molecular weight is 372 g/mol. The summed E-state index contributed by atoms with van der Waals surface area (Å²) >= 11 is 2.61. The quantitative estimate of drug-likeness (QED) is 0.896. The van der Waals surface area contributed by atoms with Crippen LogP contribution in [0.2, 0.25) is 0 Å². The molecule has 23 heavy (non-hydrogen) atoms. The molecule has 0 saturated carbocycles. The molecular formula is C14H17N3O3S3. The van der Waals surface area contributed by atoms with E-state index in [1.165, 1.54) is 27.0 Å². The maximum Gasteiger partial charge on any atom is 0.252 e. The zero-order chi connectivity index (χ0) is 16.4. The first-order valence-electron chi connectivity index (χ1n) is 7.24. The molecule has 124 valence electrons. The number of hydrogen-bond acceptors (Lipinski definition) is 6. The Hall–Kier alpha value is -1.29. The molecule has 1 aliphatic heterocycles. The molecule has 1 fully saturated rings. The number of carbonyl (C=O) groups excluding carboxylic acids is 1. The molecule has 0 aromatic carbocycles. The van der Waals surface area contributed by atoms with Crippen molar-refractivity contribution in [2.45, 2.75) is 24.0 Å². The maximum atomic E-state index is 12.7. The van der Waals surface area contributed by atoms with Crippen molar-refractivity contribution in [2.24, 2.45) is 5.92 Å². The van der Waals surface area contributed by atoms with E-state index in [2.05, 4.69) is 10.3 Å². The first kappa shape index (κ1) is 16.6. The van der Waals surface area contributed by atoms with Crippen molar-refractivity contribution in [3.63, 3.8) is 0 Å². The monoisotopic (exact) mass is 371 g/mol. The number of amides is 1. The van der Waals surface area contributed by atoms with Gasteiger partial charge in [0.2, 0.25) is 5.91 Å². The van der Waals surface area contributed by atoms with Gasteiger partial charge in [-0.25, -0.2) is 13.4 Å². The van der Waals surface area contributed by atoms with Crippen LogP contribution in [0.5, 0.6) is 0 Å². The lowest BCUT2D eigenvalue weighted by Gasteiger charge is -2.30. The highest BCUT2D eigenvalue weighted by molar-refractivity contribution is 7.91. The third kappa shape index (κ3) is 3.63. The fourth-order valence-electron chi connectivity index (χ4n) is 2.55. The maximum absolute atomic E-state index is 12.7. The van der Waals surface area contributed by atoms with Gasteiger partial charge in [-0.15, -0.1) is 22.7 Å². The Bertz CT molecular complexity index is 783. The highest BCUT2D eigenvalue weighted by Crippen LogP contribution is 2.28. The van der Waals surface area contributed by atoms with Crippen molar-refractivity contribution in [3.8, 4) is 0 Å². The molecule has 1 amide bonds.